The van der Waals surface area contributed by atoms with E-state index in [4.69, 9.17) is 5.73 Å². The van der Waals surface area contributed by atoms with Gasteiger partial charge in [-0.2, -0.15) is 0 Å². The third kappa shape index (κ3) is 3.73. The van der Waals surface area contributed by atoms with Gasteiger partial charge in [0.2, 0.25) is 5.91 Å². The number of hydrogen-bond acceptors (Lipinski definition) is 2. The van der Waals surface area contributed by atoms with Crippen molar-refractivity contribution in [3.05, 3.63) is 29.8 Å². The van der Waals surface area contributed by atoms with Gasteiger partial charge >= 0.3 is 0 Å². The van der Waals surface area contributed by atoms with Crippen molar-refractivity contribution in [2.24, 2.45) is 16.6 Å². The Balaban J connectivity index is 2.00. The van der Waals surface area contributed by atoms with Gasteiger partial charge < -0.3 is 16.4 Å². The highest BCUT2D eigenvalue weighted by molar-refractivity contribution is 5.94. The number of aliphatic imine (C=N–C) groups is 1. The molecule has 108 valence electrons. The lowest BCUT2D eigenvalue weighted by atomic mass is 9.90. The molecule has 5 heteroatoms. The Hall–Kier alpha value is -2.04. The van der Waals surface area contributed by atoms with E-state index < -0.39 is 0 Å². The van der Waals surface area contributed by atoms with Crippen LogP contribution in [-0.2, 0) is 4.79 Å². The molecule has 1 amide bonds. The number of carbonyl (C=O) groups excluding carboxylic acids is 1. The van der Waals surface area contributed by atoms with Gasteiger partial charge in [0.25, 0.3) is 0 Å². The molecule has 20 heavy (non-hydrogen) atoms. The van der Waals surface area contributed by atoms with Crippen molar-refractivity contribution in [1.29, 1.82) is 0 Å². The summed E-state index contributed by atoms with van der Waals surface area (Å²) >= 11 is 0. The first-order valence-corrected chi connectivity index (χ1v) is 6.99. The number of amides is 1. The van der Waals surface area contributed by atoms with Crippen LogP contribution in [0.15, 0.2) is 29.3 Å². The second kappa shape index (κ2) is 6.41. The molecule has 1 aliphatic heterocycles. The summed E-state index contributed by atoms with van der Waals surface area (Å²) in [6.07, 6.45) is 0.474. The fourth-order valence-electron chi connectivity index (χ4n) is 2.25. The number of guanidine groups is 1. The van der Waals surface area contributed by atoms with Gasteiger partial charge in [-0.3, -0.25) is 9.79 Å². The smallest absolute Gasteiger partial charge is 0.225 e. The number of benzene rings is 1. The maximum absolute atomic E-state index is 11.7. The Kier molecular flexibility index (Phi) is 4.61. The Morgan fingerprint density at radius 3 is 3.00 bits per heavy atom. The van der Waals surface area contributed by atoms with Crippen molar-refractivity contribution in [3.63, 3.8) is 0 Å². The zero-order valence-electron chi connectivity index (χ0n) is 12.0. The summed E-state index contributed by atoms with van der Waals surface area (Å²) < 4.78 is 0. The second-order valence-corrected chi connectivity index (χ2v) is 5.54. The van der Waals surface area contributed by atoms with Crippen LogP contribution in [0.4, 0.5) is 5.69 Å². The van der Waals surface area contributed by atoms with Crippen LogP contribution in [0.3, 0.4) is 0 Å². The standard InChI is InChI=1S/C15H22N4O/c1-10(2)8-17-15(16)18-9-11-7-14(20)19-13-6-4-3-5-12(11)13/h3-6,10-11H,7-9H2,1-2H3,(H,19,20)(H3,16,17,18). The summed E-state index contributed by atoms with van der Waals surface area (Å²) in [5, 5.41) is 6.01. The molecule has 2 rings (SSSR count). The Labute approximate surface area is 119 Å². The van der Waals surface area contributed by atoms with Crippen LogP contribution >= 0.6 is 0 Å². The van der Waals surface area contributed by atoms with Gasteiger partial charge in [-0.1, -0.05) is 32.0 Å². The van der Waals surface area contributed by atoms with Gasteiger partial charge in [0.05, 0.1) is 0 Å². The average Bonchev–Trinajstić information content (AvgIpc) is 2.42. The van der Waals surface area contributed by atoms with Crippen molar-refractivity contribution in [2.45, 2.75) is 26.2 Å². The van der Waals surface area contributed by atoms with E-state index in [1.165, 1.54) is 0 Å². The van der Waals surface area contributed by atoms with Crippen LogP contribution < -0.4 is 16.4 Å². The largest absolute Gasteiger partial charge is 0.370 e. The van der Waals surface area contributed by atoms with E-state index in [0.29, 0.717) is 31.4 Å². The maximum atomic E-state index is 11.7. The van der Waals surface area contributed by atoms with Gasteiger partial charge in [0.1, 0.15) is 0 Å². The van der Waals surface area contributed by atoms with Crippen LogP contribution in [0.2, 0.25) is 0 Å². The molecule has 1 aromatic carbocycles. The van der Waals surface area contributed by atoms with Crippen molar-refractivity contribution in [3.8, 4) is 0 Å². The van der Waals surface area contributed by atoms with Gasteiger partial charge in [-0.15, -0.1) is 0 Å². The number of anilines is 1. The van der Waals surface area contributed by atoms with E-state index in [-0.39, 0.29) is 11.8 Å². The molecule has 1 aromatic rings. The topological polar surface area (TPSA) is 79.5 Å². The van der Waals surface area contributed by atoms with E-state index in [1.807, 2.05) is 24.3 Å². The van der Waals surface area contributed by atoms with Crippen LogP contribution in [0.25, 0.3) is 0 Å². The molecule has 1 unspecified atom stereocenters. The third-order valence-corrected chi connectivity index (χ3v) is 3.26. The van der Waals surface area contributed by atoms with Crippen molar-refractivity contribution < 1.29 is 4.79 Å². The highest BCUT2D eigenvalue weighted by Gasteiger charge is 2.24. The zero-order valence-corrected chi connectivity index (χ0v) is 12.0. The number of nitrogens with two attached hydrogens (primary N) is 1. The van der Waals surface area contributed by atoms with E-state index in [1.54, 1.807) is 0 Å². The minimum absolute atomic E-state index is 0.0493. The predicted molar refractivity (Wildman–Crippen MR) is 81.8 cm³/mol. The summed E-state index contributed by atoms with van der Waals surface area (Å²) in [6.45, 7) is 5.52. The maximum Gasteiger partial charge on any atom is 0.225 e. The highest BCUT2D eigenvalue weighted by Crippen LogP contribution is 2.31. The van der Waals surface area contributed by atoms with E-state index in [9.17, 15) is 4.79 Å². The van der Waals surface area contributed by atoms with Crippen LogP contribution in [-0.4, -0.2) is 25.0 Å². The summed E-state index contributed by atoms with van der Waals surface area (Å²) in [5.41, 5.74) is 7.88. The normalized spacial score (nSPS) is 18.6. The molecule has 0 saturated carbocycles. The van der Waals surface area contributed by atoms with Gasteiger partial charge in [-0.05, 0) is 17.5 Å². The molecular weight excluding hydrogens is 252 g/mol. The van der Waals surface area contributed by atoms with Crippen molar-refractivity contribution >= 4 is 17.6 Å². The minimum atomic E-state index is 0.0493. The quantitative estimate of drug-likeness (QED) is 0.577. The number of fused-ring (bicyclic) bond motifs is 1. The summed E-state index contributed by atoms with van der Waals surface area (Å²) in [7, 11) is 0. The molecular formula is C15H22N4O. The van der Waals surface area contributed by atoms with E-state index >= 15 is 0 Å². The molecule has 0 aromatic heterocycles. The van der Waals surface area contributed by atoms with Crippen LogP contribution in [0.1, 0.15) is 31.7 Å². The molecule has 0 fully saturated rings. The number of nitrogens with zero attached hydrogens (tertiary/aromatic N) is 1. The van der Waals surface area contributed by atoms with E-state index in [0.717, 1.165) is 11.3 Å². The fraction of sp³-hybridized carbons (Fsp3) is 0.467. The van der Waals surface area contributed by atoms with Gasteiger partial charge in [0.15, 0.2) is 5.96 Å². The number of rotatable bonds is 4. The molecule has 0 aliphatic carbocycles. The first-order chi connectivity index (χ1) is 9.56. The fourth-order valence-corrected chi connectivity index (χ4v) is 2.25. The van der Waals surface area contributed by atoms with Gasteiger partial charge in [-0.25, -0.2) is 0 Å². The molecule has 1 heterocycles. The SMILES string of the molecule is CC(C)CN=C(N)NCC1CC(=O)Nc2ccccc21. The molecule has 1 aliphatic rings. The van der Waals surface area contributed by atoms with Crippen LogP contribution in [0.5, 0.6) is 0 Å². The Morgan fingerprint density at radius 2 is 2.25 bits per heavy atom. The molecule has 1 atom stereocenters. The monoisotopic (exact) mass is 274 g/mol. The lowest BCUT2D eigenvalue weighted by Crippen LogP contribution is -2.37. The first kappa shape index (κ1) is 14.4. The van der Waals surface area contributed by atoms with Gasteiger partial charge in [0, 0.05) is 31.1 Å². The molecule has 5 nitrogen and oxygen atoms in total. The number of hydrogen-bond donors (Lipinski definition) is 3. The lowest BCUT2D eigenvalue weighted by Gasteiger charge is -2.25. The summed E-state index contributed by atoms with van der Waals surface area (Å²) in [6, 6.07) is 7.88. The molecule has 4 N–H and O–H groups in total. The summed E-state index contributed by atoms with van der Waals surface area (Å²) in [5.74, 6) is 1.11. The Morgan fingerprint density at radius 1 is 1.50 bits per heavy atom. The molecule has 0 radical (unpaired) electrons. The minimum Gasteiger partial charge on any atom is -0.370 e. The average molecular weight is 274 g/mol. The first-order valence-electron chi connectivity index (χ1n) is 6.99. The van der Waals surface area contributed by atoms with Crippen molar-refractivity contribution in [1.82, 2.24) is 5.32 Å². The lowest BCUT2D eigenvalue weighted by molar-refractivity contribution is -0.116. The summed E-state index contributed by atoms with van der Waals surface area (Å²) in [4.78, 5) is 16.0. The number of carbonyl (C=O) groups is 1. The van der Waals surface area contributed by atoms with Crippen molar-refractivity contribution in [2.75, 3.05) is 18.4 Å². The number of para-hydroxylation sites is 1. The molecule has 0 saturated heterocycles. The highest BCUT2D eigenvalue weighted by atomic mass is 16.1. The second-order valence-electron chi connectivity index (χ2n) is 5.54. The van der Waals surface area contributed by atoms with E-state index in [2.05, 4.69) is 29.5 Å². The molecule has 0 bridgehead atoms. The Bertz CT molecular complexity index is 510. The molecule has 0 spiro atoms. The third-order valence-electron chi connectivity index (χ3n) is 3.26. The van der Waals surface area contributed by atoms with Crippen LogP contribution in [0, 0.1) is 5.92 Å². The zero-order chi connectivity index (χ0) is 14.5. The predicted octanol–water partition coefficient (Wildman–Crippen LogP) is 1.67. The number of nitrogens with one attached hydrogen (secondary N) is 2.